The van der Waals surface area contributed by atoms with Gasteiger partial charge in [0.2, 0.25) is 0 Å². The number of carbonyl (C=O) groups excluding carboxylic acids is 1. The zero-order chi connectivity index (χ0) is 21.4. The van der Waals surface area contributed by atoms with Crippen LogP contribution in [0.2, 0.25) is 5.02 Å². The topological polar surface area (TPSA) is 69.0 Å². The molecule has 5 aromatic rings. The number of ketones is 1. The molecule has 3 aromatic heterocycles. The van der Waals surface area contributed by atoms with Crippen molar-refractivity contribution in [2.75, 3.05) is 5.32 Å². The summed E-state index contributed by atoms with van der Waals surface area (Å²) in [6.45, 7) is 1.81. The average Bonchev–Trinajstić information content (AvgIpc) is 3.38. The van der Waals surface area contributed by atoms with Gasteiger partial charge < -0.3 is 14.6 Å². The predicted molar refractivity (Wildman–Crippen MR) is 125 cm³/mol. The van der Waals surface area contributed by atoms with Gasteiger partial charge in [0.25, 0.3) is 0 Å². The lowest BCUT2D eigenvalue weighted by atomic mass is 10.2. The Kier molecular flexibility index (Phi) is 5.05. The summed E-state index contributed by atoms with van der Waals surface area (Å²) in [7, 11) is 0. The lowest BCUT2D eigenvalue weighted by molar-refractivity contribution is -0.117. The number of hydrogen-bond donors (Lipinski definition) is 1. The maximum absolute atomic E-state index is 11.6. The SMILES string of the molecule is CC(=O)Cn1ccc2ncnc(Nc3ccc(Oc4cccc5sccc45)c(Cl)c3)c21. The first kappa shape index (κ1) is 19.5. The molecule has 154 valence electrons. The zero-order valence-corrected chi connectivity index (χ0v) is 18.1. The number of fused-ring (bicyclic) bond motifs is 2. The molecule has 6 nitrogen and oxygen atoms in total. The smallest absolute Gasteiger partial charge is 0.158 e. The molecular weight excluding hydrogens is 432 g/mol. The van der Waals surface area contributed by atoms with Gasteiger partial charge in [-0.15, -0.1) is 11.3 Å². The molecule has 8 heteroatoms. The first-order valence-electron chi connectivity index (χ1n) is 9.58. The molecule has 5 rings (SSSR count). The van der Waals surface area contributed by atoms with Crippen LogP contribution >= 0.6 is 22.9 Å². The van der Waals surface area contributed by atoms with Crippen LogP contribution in [0.5, 0.6) is 11.5 Å². The highest BCUT2D eigenvalue weighted by atomic mass is 35.5. The van der Waals surface area contributed by atoms with Crippen molar-refractivity contribution in [3.63, 3.8) is 0 Å². The van der Waals surface area contributed by atoms with Crippen LogP contribution in [-0.2, 0) is 11.3 Å². The fourth-order valence-electron chi connectivity index (χ4n) is 3.47. The van der Waals surface area contributed by atoms with Crippen LogP contribution in [-0.4, -0.2) is 20.3 Å². The molecule has 3 heterocycles. The molecule has 0 saturated carbocycles. The second-order valence-corrected chi connectivity index (χ2v) is 8.42. The predicted octanol–water partition coefficient (Wildman–Crippen LogP) is 6.42. The van der Waals surface area contributed by atoms with Gasteiger partial charge in [0.05, 0.1) is 17.1 Å². The highest BCUT2D eigenvalue weighted by Crippen LogP contribution is 2.37. The molecule has 2 aromatic carbocycles. The molecule has 0 unspecified atom stereocenters. The lowest BCUT2D eigenvalue weighted by Crippen LogP contribution is -2.07. The van der Waals surface area contributed by atoms with Gasteiger partial charge in [0, 0.05) is 22.0 Å². The van der Waals surface area contributed by atoms with Crippen LogP contribution in [0, 0.1) is 0 Å². The number of thiophene rings is 1. The number of aromatic nitrogens is 3. The van der Waals surface area contributed by atoms with E-state index in [2.05, 4.69) is 21.4 Å². The van der Waals surface area contributed by atoms with Crippen molar-refractivity contribution in [3.8, 4) is 11.5 Å². The summed E-state index contributed by atoms with van der Waals surface area (Å²) in [5, 5.41) is 6.85. The van der Waals surface area contributed by atoms with Gasteiger partial charge in [-0.3, -0.25) is 4.79 Å². The molecular formula is C23H17ClN4O2S. The van der Waals surface area contributed by atoms with E-state index in [-0.39, 0.29) is 12.3 Å². The molecule has 0 radical (unpaired) electrons. The fourth-order valence-corrected chi connectivity index (χ4v) is 4.49. The molecule has 0 spiro atoms. The summed E-state index contributed by atoms with van der Waals surface area (Å²) < 4.78 is 9.08. The third kappa shape index (κ3) is 3.85. The molecule has 0 saturated heterocycles. The van der Waals surface area contributed by atoms with Crippen LogP contribution in [0.15, 0.2) is 66.4 Å². The minimum absolute atomic E-state index is 0.0532. The average molecular weight is 449 g/mol. The molecule has 0 aliphatic rings. The van der Waals surface area contributed by atoms with Crippen molar-refractivity contribution in [2.45, 2.75) is 13.5 Å². The number of ether oxygens (including phenoxy) is 1. The fraction of sp³-hybridized carbons (Fsp3) is 0.0870. The molecule has 0 atom stereocenters. The number of carbonyl (C=O) groups is 1. The Morgan fingerprint density at radius 3 is 2.90 bits per heavy atom. The third-order valence-corrected chi connectivity index (χ3v) is 5.99. The van der Waals surface area contributed by atoms with Crippen molar-refractivity contribution < 1.29 is 9.53 Å². The van der Waals surface area contributed by atoms with E-state index in [1.165, 1.54) is 6.33 Å². The third-order valence-electron chi connectivity index (χ3n) is 4.81. The number of Topliss-reactive ketones (excluding diaryl/α,β-unsaturated/α-hetero) is 1. The van der Waals surface area contributed by atoms with E-state index < -0.39 is 0 Å². The number of nitrogens with zero attached hydrogens (tertiary/aromatic N) is 3. The van der Waals surface area contributed by atoms with Gasteiger partial charge in [-0.1, -0.05) is 17.7 Å². The Morgan fingerprint density at radius 1 is 1.16 bits per heavy atom. The quantitative estimate of drug-likeness (QED) is 0.324. The highest BCUT2D eigenvalue weighted by Gasteiger charge is 2.13. The first-order chi connectivity index (χ1) is 15.1. The van der Waals surface area contributed by atoms with Crippen LogP contribution < -0.4 is 10.1 Å². The second kappa shape index (κ2) is 8.02. The van der Waals surface area contributed by atoms with Gasteiger partial charge >= 0.3 is 0 Å². The number of hydrogen-bond acceptors (Lipinski definition) is 6. The summed E-state index contributed by atoms with van der Waals surface area (Å²) in [6, 6.07) is 15.3. The van der Waals surface area contributed by atoms with Crippen LogP contribution in [0.25, 0.3) is 21.1 Å². The molecule has 31 heavy (non-hydrogen) atoms. The Bertz CT molecular complexity index is 1430. The highest BCUT2D eigenvalue weighted by molar-refractivity contribution is 7.17. The van der Waals surface area contributed by atoms with Gasteiger partial charge in [-0.2, -0.15) is 0 Å². The minimum atomic E-state index is 0.0532. The van der Waals surface area contributed by atoms with E-state index >= 15 is 0 Å². The van der Waals surface area contributed by atoms with E-state index in [1.54, 1.807) is 24.3 Å². The Labute approximate surface area is 187 Å². The normalized spacial score (nSPS) is 11.2. The van der Waals surface area contributed by atoms with Crippen LogP contribution in [0.3, 0.4) is 0 Å². The molecule has 0 aliphatic heterocycles. The number of halogens is 1. The number of anilines is 2. The summed E-state index contributed by atoms with van der Waals surface area (Å²) in [5.41, 5.74) is 2.27. The molecule has 0 bridgehead atoms. The van der Waals surface area contributed by atoms with Crippen LogP contribution in [0.1, 0.15) is 6.92 Å². The van der Waals surface area contributed by atoms with Gasteiger partial charge in [-0.05, 0) is 54.8 Å². The van der Waals surface area contributed by atoms with Crippen molar-refractivity contribution >= 4 is 61.3 Å². The minimum Gasteiger partial charge on any atom is -0.455 e. The van der Waals surface area contributed by atoms with Crippen molar-refractivity contribution in [1.82, 2.24) is 14.5 Å². The standard InChI is InChI=1S/C23H17ClN4O2S/c1-14(29)12-28-9-7-18-22(28)23(26-13-25-18)27-15-5-6-20(17(24)11-15)30-19-3-2-4-21-16(19)8-10-31-21/h2-11,13H,12H2,1H3,(H,25,26,27). The zero-order valence-electron chi connectivity index (χ0n) is 16.5. The van der Waals surface area contributed by atoms with E-state index in [9.17, 15) is 4.79 Å². The Hall–Kier alpha value is -3.42. The van der Waals surface area contributed by atoms with Crippen LogP contribution in [0.4, 0.5) is 11.5 Å². The lowest BCUT2D eigenvalue weighted by Gasteiger charge is -2.12. The largest absolute Gasteiger partial charge is 0.455 e. The maximum atomic E-state index is 11.6. The van der Waals surface area contributed by atoms with Gasteiger partial charge in [-0.25, -0.2) is 9.97 Å². The van der Waals surface area contributed by atoms with Crippen molar-refractivity contribution in [3.05, 3.63) is 71.5 Å². The Balaban J connectivity index is 1.44. The monoisotopic (exact) mass is 448 g/mol. The Morgan fingerprint density at radius 2 is 2.06 bits per heavy atom. The molecule has 1 N–H and O–H groups in total. The van der Waals surface area contributed by atoms with E-state index in [4.69, 9.17) is 16.3 Å². The summed E-state index contributed by atoms with van der Waals surface area (Å²) in [5.74, 6) is 1.99. The van der Waals surface area contributed by atoms with Crippen molar-refractivity contribution in [1.29, 1.82) is 0 Å². The van der Waals surface area contributed by atoms with E-state index in [0.717, 1.165) is 32.6 Å². The van der Waals surface area contributed by atoms with Gasteiger partial charge in [0.15, 0.2) is 5.82 Å². The summed E-state index contributed by atoms with van der Waals surface area (Å²) >= 11 is 8.19. The maximum Gasteiger partial charge on any atom is 0.158 e. The number of rotatable bonds is 6. The molecule has 0 fully saturated rings. The summed E-state index contributed by atoms with van der Waals surface area (Å²) in [6.07, 6.45) is 3.32. The van der Waals surface area contributed by atoms with Crippen molar-refractivity contribution in [2.24, 2.45) is 0 Å². The molecule has 0 amide bonds. The number of benzene rings is 2. The van der Waals surface area contributed by atoms with Gasteiger partial charge in [0.1, 0.15) is 29.1 Å². The number of nitrogens with one attached hydrogen (secondary N) is 1. The second-order valence-electron chi connectivity index (χ2n) is 7.06. The van der Waals surface area contributed by atoms with E-state index in [1.807, 2.05) is 52.5 Å². The van der Waals surface area contributed by atoms with E-state index in [0.29, 0.717) is 16.6 Å². The molecule has 0 aliphatic carbocycles. The first-order valence-corrected chi connectivity index (χ1v) is 10.8. The summed E-state index contributed by atoms with van der Waals surface area (Å²) in [4.78, 5) is 20.3.